The topological polar surface area (TPSA) is 44.5 Å². The molecule has 0 fully saturated rings. The Morgan fingerprint density at radius 1 is 0.952 bits per heavy atom. The van der Waals surface area contributed by atoms with Gasteiger partial charge in [0.2, 0.25) is 0 Å². The Bertz CT molecular complexity index is 694. The Balaban J connectivity index is 1.88. The minimum Gasteiger partial charge on any atom is -0.493 e. The van der Waals surface area contributed by atoms with Crippen molar-refractivity contribution in [2.45, 2.75) is 25.8 Å². The molecule has 2 aliphatic rings. The summed E-state index contributed by atoms with van der Waals surface area (Å²) in [6.45, 7) is 2.07. The highest BCUT2D eigenvalue weighted by molar-refractivity contribution is 5.75. The average molecular weight is 281 g/mol. The summed E-state index contributed by atoms with van der Waals surface area (Å²) in [7, 11) is 0. The van der Waals surface area contributed by atoms with Crippen LogP contribution in [0.4, 0.5) is 0 Å². The zero-order chi connectivity index (χ0) is 14.2. The fraction of sp³-hybridized carbons (Fsp3) is 0.333. The van der Waals surface area contributed by atoms with Gasteiger partial charge in [0.15, 0.2) is 0 Å². The highest BCUT2D eigenvalue weighted by atomic mass is 16.5. The van der Waals surface area contributed by atoms with Gasteiger partial charge in [0.1, 0.15) is 11.5 Å². The number of nitrogens with two attached hydrogens (primary N) is 1. The van der Waals surface area contributed by atoms with Crippen LogP contribution in [-0.2, 0) is 19.4 Å². The quantitative estimate of drug-likeness (QED) is 0.920. The summed E-state index contributed by atoms with van der Waals surface area (Å²) in [6, 6.07) is 10.8. The molecule has 0 saturated carbocycles. The molecule has 3 heteroatoms. The average Bonchev–Trinajstić information content (AvgIpc) is 3.02. The van der Waals surface area contributed by atoms with Crippen molar-refractivity contribution >= 4 is 0 Å². The number of hydrogen-bond acceptors (Lipinski definition) is 3. The lowest BCUT2D eigenvalue weighted by molar-refractivity contribution is 0.289. The Morgan fingerprint density at radius 2 is 1.86 bits per heavy atom. The van der Waals surface area contributed by atoms with Crippen LogP contribution in [0.25, 0.3) is 11.1 Å². The van der Waals surface area contributed by atoms with Crippen molar-refractivity contribution in [2.75, 3.05) is 13.2 Å². The molecule has 0 atom stereocenters. The second-order valence-electron chi connectivity index (χ2n) is 5.67. The Kier molecular flexibility index (Phi) is 3.08. The first-order valence-electron chi connectivity index (χ1n) is 7.60. The molecular formula is C18H19NO2. The van der Waals surface area contributed by atoms with Gasteiger partial charge < -0.3 is 15.2 Å². The molecule has 21 heavy (non-hydrogen) atoms. The molecule has 0 spiro atoms. The second kappa shape index (κ2) is 5.08. The molecule has 0 amide bonds. The summed E-state index contributed by atoms with van der Waals surface area (Å²) < 4.78 is 11.7. The number of hydrogen-bond donors (Lipinski definition) is 1. The van der Waals surface area contributed by atoms with Gasteiger partial charge in [-0.1, -0.05) is 18.2 Å². The van der Waals surface area contributed by atoms with Gasteiger partial charge in [0, 0.05) is 24.1 Å². The van der Waals surface area contributed by atoms with E-state index in [-0.39, 0.29) is 0 Å². The van der Waals surface area contributed by atoms with Gasteiger partial charge in [-0.2, -0.15) is 0 Å². The van der Waals surface area contributed by atoms with Crippen LogP contribution in [0.5, 0.6) is 11.5 Å². The number of benzene rings is 2. The molecule has 2 heterocycles. The van der Waals surface area contributed by atoms with Gasteiger partial charge in [-0.3, -0.25) is 0 Å². The van der Waals surface area contributed by atoms with E-state index in [9.17, 15) is 0 Å². The van der Waals surface area contributed by atoms with E-state index in [1.54, 1.807) is 0 Å². The molecule has 2 aliphatic heterocycles. The minimum absolute atomic E-state index is 0.506. The summed E-state index contributed by atoms with van der Waals surface area (Å²) in [5.74, 6) is 2.04. The zero-order valence-corrected chi connectivity index (χ0v) is 12.0. The molecule has 0 unspecified atom stereocenters. The Hall–Kier alpha value is -2.00. The van der Waals surface area contributed by atoms with Crippen molar-refractivity contribution in [3.05, 3.63) is 47.0 Å². The Morgan fingerprint density at radius 3 is 2.76 bits per heavy atom. The minimum atomic E-state index is 0.506. The number of aryl methyl sites for hydroxylation is 1. The maximum Gasteiger partial charge on any atom is 0.130 e. The van der Waals surface area contributed by atoms with Crippen LogP contribution in [0.15, 0.2) is 30.3 Å². The lowest BCUT2D eigenvalue weighted by Gasteiger charge is -2.21. The molecule has 0 saturated heterocycles. The van der Waals surface area contributed by atoms with Crippen LogP contribution in [0.1, 0.15) is 23.1 Å². The molecule has 0 bridgehead atoms. The van der Waals surface area contributed by atoms with Crippen molar-refractivity contribution in [3.63, 3.8) is 0 Å². The fourth-order valence-electron chi connectivity index (χ4n) is 3.31. The van der Waals surface area contributed by atoms with Crippen molar-refractivity contribution in [1.82, 2.24) is 0 Å². The van der Waals surface area contributed by atoms with E-state index >= 15 is 0 Å². The first kappa shape index (κ1) is 12.7. The highest BCUT2D eigenvalue weighted by Crippen LogP contribution is 2.40. The van der Waals surface area contributed by atoms with E-state index in [0.717, 1.165) is 49.5 Å². The van der Waals surface area contributed by atoms with Crippen molar-refractivity contribution in [1.29, 1.82) is 0 Å². The summed E-state index contributed by atoms with van der Waals surface area (Å²) in [6.07, 6.45) is 3.16. The molecule has 4 rings (SSSR count). The largest absolute Gasteiger partial charge is 0.493 e. The van der Waals surface area contributed by atoms with Crippen LogP contribution < -0.4 is 15.2 Å². The first-order valence-corrected chi connectivity index (χ1v) is 7.60. The van der Waals surface area contributed by atoms with E-state index in [0.29, 0.717) is 6.54 Å². The highest BCUT2D eigenvalue weighted by Gasteiger charge is 2.20. The van der Waals surface area contributed by atoms with Crippen LogP contribution in [-0.4, -0.2) is 13.2 Å². The number of para-hydroxylation sites is 1. The molecule has 2 aromatic carbocycles. The number of ether oxygens (including phenoxy) is 2. The fourth-order valence-corrected chi connectivity index (χ4v) is 3.31. The molecule has 0 radical (unpaired) electrons. The van der Waals surface area contributed by atoms with Gasteiger partial charge in [-0.25, -0.2) is 0 Å². The van der Waals surface area contributed by atoms with E-state index in [2.05, 4.69) is 30.3 Å². The molecule has 2 N–H and O–H groups in total. The van der Waals surface area contributed by atoms with Crippen molar-refractivity contribution in [3.8, 4) is 22.6 Å². The monoisotopic (exact) mass is 281 g/mol. The van der Waals surface area contributed by atoms with Crippen molar-refractivity contribution < 1.29 is 9.47 Å². The number of rotatable bonds is 2. The maximum absolute atomic E-state index is 5.94. The predicted molar refractivity (Wildman–Crippen MR) is 82.8 cm³/mol. The smallest absolute Gasteiger partial charge is 0.130 e. The zero-order valence-electron chi connectivity index (χ0n) is 12.0. The molecule has 0 aromatic heterocycles. The lowest BCUT2D eigenvalue weighted by atomic mass is 9.94. The van der Waals surface area contributed by atoms with Crippen LogP contribution in [0, 0.1) is 0 Å². The van der Waals surface area contributed by atoms with Gasteiger partial charge in [0.05, 0.1) is 13.2 Å². The van der Waals surface area contributed by atoms with Crippen LogP contribution >= 0.6 is 0 Å². The molecular weight excluding hydrogens is 262 g/mol. The molecule has 2 aromatic rings. The van der Waals surface area contributed by atoms with E-state index in [4.69, 9.17) is 15.2 Å². The van der Waals surface area contributed by atoms with E-state index in [1.807, 2.05) is 0 Å². The van der Waals surface area contributed by atoms with E-state index < -0.39 is 0 Å². The number of fused-ring (bicyclic) bond motifs is 2. The summed E-state index contributed by atoms with van der Waals surface area (Å²) in [5, 5.41) is 0. The molecule has 3 nitrogen and oxygen atoms in total. The predicted octanol–water partition coefficient (Wildman–Crippen LogP) is 3.07. The van der Waals surface area contributed by atoms with Crippen LogP contribution in [0.2, 0.25) is 0 Å². The summed E-state index contributed by atoms with van der Waals surface area (Å²) >= 11 is 0. The maximum atomic E-state index is 5.94. The van der Waals surface area contributed by atoms with Crippen molar-refractivity contribution in [2.24, 2.45) is 5.73 Å². The van der Waals surface area contributed by atoms with Gasteiger partial charge in [-0.15, -0.1) is 0 Å². The summed E-state index contributed by atoms with van der Waals surface area (Å²) in [5.41, 5.74) is 11.9. The molecule has 0 aliphatic carbocycles. The third-order valence-electron chi connectivity index (χ3n) is 4.32. The molecule has 108 valence electrons. The Labute approximate surface area is 124 Å². The summed E-state index contributed by atoms with van der Waals surface area (Å²) in [4.78, 5) is 0. The lowest BCUT2D eigenvalue weighted by Crippen LogP contribution is -2.09. The van der Waals surface area contributed by atoms with E-state index in [1.165, 1.54) is 22.3 Å². The first-order chi connectivity index (χ1) is 10.4. The standard InChI is InChI=1S/C18H19NO2/c19-11-15-10-14(9-13-6-8-21-17(13)15)16-5-1-3-12-4-2-7-20-18(12)16/h1,3,5,9-10H,2,4,6-8,11,19H2. The van der Waals surface area contributed by atoms with Gasteiger partial charge in [0.25, 0.3) is 0 Å². The third-order valence-corrected chi connectivity index (χ3v) is 4.32. The SMILES string of the molecule is NCc1cc(-c2cccc3c2OCCC3)cc2c1OCC2. The van der Waals surface area contributed by atoms with Crippen LogP contribution in [0.3, 0.4) is 0 Å². The van der Waals surface area contributed by atoms with Gasteiger partial charge >= 0.3 is 0 Å². The third kappa shape index (κ3) is 2.09. The second-order valence-corrected chi connectivity index (χ2v) is 5.67. The normalized spacial score (nSPS) is 15.9. The van der Waals surface area contributed by atoms with Gasteiger partial charge in [-0.05, 0) is 41.7 Å².